The second kappa shape index (κ2) is 6.78. The first kappa shape index (κ1) is 18.0. The van der Waals surface area contributed by atoms with Gasteiger partial charge in [-0.1, -0.05) is 41.5 Å². The molecule has 1 atom stereocenters. The van der Waals surface area contributed by atoms with Crippen molar-refractivity contribution in [2.75, 3.05) is 13.7 Å². The highest BCUT2D eigenvalue weighted by atomic mass is 19.1. The van der Waals surface area contributed by atoms with E-state index in [-0.39, 0.29) is 22.8 Å². The van der Waals surface area contributed by atoms with Gasteiger partial charge in [0.2, 0.25) is 0 Å². The van der Waals surface area contributed by atoms with Gasteiger partial charge in [-0.2, -0.15) is 0 Å². The Labute approximate surface area is 128 Å². The fourth-order valence-corrected chi connectivity index (χ4v) is 2.12. The van der Waals surface area contributed by atoms with Gasteiger partial charge in [0.25, 0.3) is 0 Å². The largest absolute Gasteiger partial charge is 0.496 e. The van der Waals surface area contributed by atoms with Crippen LogP contribution in [-0.2, 0) is 4.74 Å². The Bertz CT molecular complexity index is 455. The number of ether oxygens (including phenoxy) is 2. The second-order valence-electron chi connectivity index (χ2n) is 8.01. The van der Waals surface area contributed by atoms with Gasteiger partial charge in [0.1, 0.15) is 11.6 Å². The van der Waals surface area contributed by atoms with Crippen LogP contribution in [0.15, 0.2) is 18.2 Å². The molecule has 21 heavy (non-hydrogen) atoms. The third kappa shape index (κ3) is 6.47. The average molecular weight is 296 g/mol. The minimum Gasteiger partial charge on any atom is -0.496 e. The van der Waals surface area contributed by atoms with E-state index in [1.54, 1.807) is 13.2 Å². The summed E-state index contributed by atoms with van der Waals surface area (Å²) in [5.74, 6) is 0.420. The van der Waals surface area contributed by atoms with Crippen molar-refractivity contribution >= 4 is 0 Å². The first-order valence-corrected chi connectivity index (χ1v) is 7.47. The topological polar surface area (TPSA) is 18.5 Å². The van der Waals surface area contributed by atoms with E-state index < -0.39 is 0 Å². The summed E-state index contributed by atoms with van der Waals surface area (Å²) in [7, 11) is 1.61. The molecule has 0 aromatic heterocycles. The van der Waals surface area contributed by atoms with Crippen LogP contribution in [0.5, 0.6) is 5.75 Å². The summed E-state index contributed by atoms with van der Waals surface area (Å²) in [5.41, 5.74) is 0.938. The van der Waals surface area contributed by atoms with E-state index in [0.717, 1.165) is 12.0 Å². The first-order valence-electron chi connectivity index (χ1n) is 7.47. The van der Waals surface area contributed by atoms with E-state index in [9.17, 15) is 4.39 Å². The van der Waals surface area contributed by atoms with Gasteiger partial charge in [-0.3, -0.25) is 0 Å². The van der Waals surface area contributed by atoms with Gasteiger partial charge in [-0.05, 0) is 35.4 Å². The van der Waals surface area contributed by atoms with Crippen molar-refractivity contribution in [3.8, 4) is 5.75 Å². The molecule has 0 aliphatic heterocycles. The van der Waals surface area contributed by atoms with Crippen LogP contribution in [0.2, 0.25) is 0 Å². The summed E-state index contributed by atoms with van der Waals surface area (Å²) in [6.07, 6.45) is 0.637. The highest BCUT2D eigenvalue weighted by Gasteiger charge is 2.25. The highest BCUT2D eigenvalue weighted by Crippen LogP contribution is 2.37. The molecule has 0 spiro atoms. The number of hydrogen-bond donors (Lipinski definition) is 0. The van der Waals surface area contributed by atoms with Crippen LogP contribution in [0.1, 0.15) is 59.6 Å². The number of hydrogen-bond acceptors (Lipinski definition) is 2. The Balaban J connectivity index is 3.08. The summed E-state index contributed by atoms with van der Waals surface area (Å²) in [4.78, 5) is 0. The predicted molar refractivity (Wildman–Crippen MR) is 85.2 cm³/mol. The van der Waals surface area contributed by atoms with E-state index in [1.807, 2.05) is 0 Å². The SMILES string of the molecule is COc1ccc(F)cc1[C@H](CC(C)(C)C)OCC(C)(C)C. The Hall–Kier alpha value is -1.09. The highest BCUT2D eigenvalue weighted by molar-refractivity contribution is 5.36. The molecule has 2 nitrogen and oxygen atoms in total. The molecule has 0 unspecified atom stereocenters. The van der Waals surface area contributed by atoms with Gasteiger partial charge in [-0.25, -0.2) is 4.39 Å². The van der Waals surface area contributed by atoms with Gasteiger partial charge in [0.05, 0.1) is 19.8 Å². The smallest absolute Gasteiger partial charge is 0.124 e. The van der Waals surface area contributed by atoms with Crippen LogP contribution in [-0.4, -0.2) is 13.7 Å². The van der Waals surface area contributed by atoms with E-state index in [1.165, 1.54) is 12.1 Å². The minimum absolute atomic E-state index is 0.0662. The summed E-state index contributed by atoms with van der Waals surface area (Å²) in [6.45, 7) is 13.5. The average Bonchev–Trinajstić information content (AvgIpc) is 2.32. The van der Waals surface area contributed by atoms with Gasteiger partial charge < -0.3 is 9.47 Å². The van der Waals surface area contributed by atoms with Crippen LogP contribution in [0.3, 0.4) is 0 Å². The van der Waals surface area contributed by atoms with E-state index in [0.29, 0.717) is 12.4 Å². The lowest BCUT2D eigenvalue weighted by Crippen LogP contribution is -2.21. The third-order valence-corrected chi connectivity index (χ3v) is 3.05. The maximum absolute atomic E-state index is 13.6. The summed E-state index contributed by atoms with van der Waals surface area (Å²) in [5, 5.41) is 0. The Morgan fingerprint density at radius 3 is 2.14 bits per heavy atom. The zero-order chi connectivity index (χ0) is 16.3. The van der Waals surface area contributed by atoms with Crippen LogP contribution < -0.4 is 4.74 Å². The summed E-state index contributed by atoms with van der Waals surface area (Å²) >= 11 is 0. The monoisotopic (exact) mass is 296 g/mol. The molecule has 0 N–H and O–H groups in total. The first-order chi connectivity index (χ1) is 9.52. The number of halogens is 1. The van der Waals surface area contributed by atoms with Crippen molar-refractivity contribution < 1.29 is 13.9 Å². The van der Waals surface area contributed by atoms with Crippen LogP contribution >= 0.6 is 0 Å². The van der Waals surface area contributed by atoms with Gasteiger partial charge in [-0.15, -0.1) is 0 Å². The molecule has 0 radical (unpaired) electrons. The van der Waals surface area contributed by atoms with Crippen molar-refractivity contribution in [1.29, 1.82) is 0 Å². The molecule has 0 heterocycles. The number of rotatable bonds is 5. The van der Waals surface area contributed by atoms with Gasteiger partial charge >= 0.3 is 0 Å². The lowest BCUT2D eigenvalue weighted by molar-refractivity contribution is -0.0140. The van der Waals surface area contributed by atoms with Crippen molar-refractivity contribution in [1.82, 2.24) is 0 Å². The predicted octanol–water partition coefficient (Wildman–Crippen LogP) is 5.37. The molecule has 120 valence electrons. The number of methoxy groups -OCH3 is 1. The molecule has 0 fully saturated rings. The Morgan fingerprint density at radius 2 is 1.67 bits per heavy atom. The van der Waals surface area contributed by atoms with E-state index in [4.69, 9.17) is 9.47 Å². The molecular weight excluding hydrogens is 267 g/mol. The van der Waals surface area contributed by atoms with Crippen LogP contribution in [0, 0.1) is 16.6 Å². The van der Waals surface area contributed by atoms with Crippen molar-refractivity contribution in [2.45, 2.75) is 54.1 Å². The van der Waals surface area contributed by atoms with Gasteiger partial charge in [0.15, 0.2) is 0 Å². The Morgan fingerprint density at radius 1 is 1.05 bits per heavy atom. The van der Waals surface area contributed by atoms with Gasteiger partial charge in [0, 0.05) is 5.56 Å². The fraction of sp³-hybridized carbons (Fsp3) is 0.667. The lowest BCUT2D eigenvalue weighted by Gasteiger charge is -2.30. The van der Waals surface area contributed by atoms with Crippen molar-refractivity contribution in [3.05, 3.63) is 29.6 Å². The molecule has 3 heteroatoms. The quantitative estimate of drug-likeness (QED) is 0.726. The van der Waals surface area contributed by atoms with Crippen LogP contribution in [0.25, 0.3) is 0 Å². The standard InChI is InChI=1S/C18H29FO2/c1-17(2,3)11-16(21-12-18(4,5)6)14-10-13(19)8-9-15(14)20-7/h8-10,16H,11-12H2,1-7H3/t16-/m0/s1. The normalized spacial score (nSPS) is 14.1. The molecule has 0 saturated heterocycles. The third-order valence-electron chi connectivity index (χ3n) is 3.05. The molecule has 0 saturated carbocycles. The van der Waals surface area contributed by atoms with E-state index >= 15 is 0 Å². The van der Waals surface area contributed by atoms with E-state index in [2.05, 4.69) is 41.5 Å². The molecule has 0 amide bonds. The number of benzene rings is 1. The minimum atomic E-state index is -0.260. The molecule has 1 rings (SSSR count). The Kier molecular flexibility index (Phi) is 5.80. The lowest BCUT2D eigenvalue weighted by atomic mass is 9.86. The molecule has 0 aliphatic carbocycles. The zero-order valence-electron chi connectivity index (χ0n) is 14.4. The maximum atomic E-state index is 13.6. The maximum Gasteiger partial charge on any atom is 0.124 e. The van der Waals surface area contributed by atoms with Crippen molar-refractivity contribution in [2.24, 2.45) is 10.8 Å². The molecule has 1 aromatic carbocycles. The zero-order valence-corrected chi connectivity index (χ0v) is 14.4. The summed E-state index contributed by atoms with van der Waals surface area (Å²) < 4.78 is 25.1. The second-order valence-corrected chi connectivity index (χ2v) is 8.01. The molecule has 1 aromatic rings. The summed E-state index contributed by atoms with van der Waals surface area (Å²) in [6, 6.07) is 4.61. The van der Waals surface area contributed by atoms with Crippen molar-refractivity contribution in [3.63, 3.8) is 0 Å². The molecule has 0 bridgehead atoms. The molecular formula is C18H29FO2. The fourth-order valence-electron chi connectivity index (χ4n) is 2.12. The van der Waals surface area contributed by atoms with Crippen LogP contribution in [0.4, 0.5) is 4.39 Å². The molecule has 0 aliphatic rings.